The Balaban J connectivity index is 2.00. The maximum absolute atomic E-state index is 11.7. The zero-order chi connectivity index (χ0) is 12.3. The van der Waals surface area contributed by atoms with Crippen LogP contribution in [0.2, 0.25) is 0 Å². The van der Waals surface area contributed by atoms with Gasteiger partial charge >= 0.3 is 0 Å². The van der Waals surface area contributed by atoms with Crippen LogP contribution in [0.4, 0.5) is 0 Å². The van der Waals surface area contributed by atoms with Crippen LogP contribution in [0.5, 0.6) is 0 Å². The van der Waals surface area contributed by atoms with Gasteiger partial charge in [-0.1, -0.05) is 0 Å². The molecule has 0 saturated carbocycles. The van der Waals surface area contributed by atoms with Crippen molar-refractivity contribution in [3.8, 4) is 0 Å². The van der Waals surface area contributed by atoms with Gasteiger partial charge in [0, 0.05) is 43.9 Å². The number of hydrogen-bond acceptors (Lipinski definition) is 4. The predicted octanol–water partition coefficient (Wildman–Crippen LogP) is 0.450. The molecule has 0 bridgehead atoms. The molecule has 1 aliphatic heterocycles. The van der Waals surface area contributed by atoms with Gasteiger partial charge in [-0.25, -0.2) is 9.97 Å². The Kier molecular flexibility index (Phi) is 3.68. The largest absolute Gasteiger partial charge is 0.342 e. The van der Waals surface area contributed by atoms with E-state index in [2.05, 4.69) is 9.97 Å². The summed E-state index contributed by atoms with van der Waals surface area (Å²) in [6.45, 7) is 3.89. The molecule has 0 aliphatic carbocycles. The lowest BCUT2D eigenvalue weighted by atomic mass is 10.1. The third-order valence-electron chi connectivity index (χ3n) is 3.08. The third-order valence-corrected chi connectivity index (χ3v) is 3.08. The summed E-state index contributed by atoms with van der Waals surface area (Å²) in [6.07, 6.45) is 3.16. The second kappa shape index (κ2) is 5.23. The highest BCUT2D eigenvalue weighted by Crippen LogP contribution is 2.24. The number of nitrogens with two attached hydrogens (primary N) is 1. The highest BCUT2D eigenvalue weighted by atomic mass is 16.2. The number of aromatic nitrogens is 2. The predicted molar refractivity (Wildman–Crippen MR) is 64.4 cm³/mol. The highest BCUT2D eigenvalue weighted by Gasteiger charge is 2.28. The lowest BCUT2D eigenvalue weighted by molar-refractivity contribution is -0.129. The molecule has 1 aromatic rings. The van der Waals surface area contributed by atoms with Crippen LogP contribution in [0.25, 0.3) is 0 Å². The number of rotatable bonds is 3. The summed E-state index contributed by atoms with van der Waals surface area (Å²) in [7, 11) is 0. The molecule has 17 heavy (non-hydrogen) atoms. The molecule has 2 rings (SSSR count). The minimum absolute atomic E-state index is 0.141. The van der Waals surface area contributed by atoms with Gasteiger partial charge in [0.2, 0.25) is 5.91 Å². The fraction of sp³-hybridized carbons (Fsp3) is 0.583. The SMILES string of the molecule is Cc1ccnc([C@H]2CCN(C(=O)CCN)C2)n1. The Hall–Kier alpha value is -1.49. The average Bonchev–Trinajstić information content (AvgIpc) is 2.78. The van der Waals surface area contributed by atoms with Gasteiger partial charge in [0.1, 0.15) is 5.82 Å². The minimum atomic E-state index is 0.141. The van der Waals surface area contributed by atoms with E-state index in [9.17, 15) is 4.79 Å². The molecular weight excluding hydrogens is 216 g/mol. The van der Waals surface area contributed by atoms with Crippen molar-refractivity contribution in [3.63, 3.8) is 0 Å². The normalized spacial score (nSPS) is 19.6. The van der Waals surface area contributed by atoms with Gasteiger partial charge in [-0.3, -0.25) is 4.79 Å². The first-order valence-corrected chi connectivity index (χ1v) is 5.98. The molecule has 0 unspecified atom stereocenters. The number of carbonyl (C=O) groups excluding carboxylic acids is 1. The maximum atomic E-state index is 11.7. The first-order valence-electron chi connectivity index (χ1n) is 5.98. The molecule has 1 aliphatic rings. The molecule has 0 radical (unpaired) electrons. The summed E-state index contributed by atoms with van der Waals surface area (Å²) >= 11 is 0. The fourth-order valence-electron chi connectivity index (χ4n) is 2.14. The molecule has 1 atom stereocenters. The van der Waals surface area contributed by atoms with E-state index in [1.165, 1.54) is 0 Å². The third kappa shape index (κ3) is 2.79. The van der Waals surface area contributed by atoms with Crippen molar-refractivity contribution in [2.75, 3.05) is 19.6 Å². The quantitative estimate of drug-likeness (QED) is 0.824. The van der Waals surface area contributed by atoms with Crippen molar-refractivity contribution in [3.05, 3.63) is 23.8 Å². The van der Waals surface area contributed by atoms with E-state index in [1.54, 1.807) is 6.20 Å². The molecule has 2 heterocycles. The summed E-state index contributed by atoms with van der Waals surface area (Å²) in [4.78, 5) is 22.3. The fourth-order valence-corrected chi connectivity index (χ4v) is 2.14. The van der Waals surface area contributed by atoms with Gasteiger partial charge in [-0.15, -0.1) is 0 Å². The van der Waals surface area contributed by atoms with Crippen LogP contribution in [0.1, 0.15) is 30.3 Å². The number of hydrogen-bond donors (Lipinski definition) is 1. The standard InChI is InChI=1S/C12H18N4O/c1-9-3-6-14-12(15-9)10-4-7-16(8-10)11(17)2-5-13/h3,6,10H,2,4-5,7-8,13H2,1H3/t10-/m0/s1. The van der Waals surface area contributed by atoms with Crippen LogP contribution in [0.15, 0.2) is 12.3 Å². The maximum Gasteiger partial charge on any atom is 0.223 e. The number of carbonyl (C=O) groups is 1. The monoisotopic (exact) mass is 234 g/mol. The minimum Gasteiger partial charge on any atom is -0.342 e. The van der Waals surface area contributed by atoms with Crippen molar-refractivity contribution in [1.82, 2.24) is 14.9 Å². The summed E-state index contributed by atoms with van der Waals surface area (Å²) < 4.78 is 0. The van der Waals surface area contributed by atoms with E-state index in [4.69, 9.17) is 5.73 Å². The van der Waals surface area contributed by atoms with Gasteiger partial charge in [0.15, 0.2) is 0 Å². The first-order chi connectivity index (χ1) is 8.20. The van der Waals surface area contributed by atoms with Crippen molar-refractivity contribution < 1.29 is 4.79 Å². The van der Waals surface area contributed by atoms with Gasteiger partial charge in [0.05, 0.1) is 0 Å². The summed E-state index contributed by atoms with van der Waals surface area (Å²) in [5, 5.41) is 0. The first kappa shape index (κ1) is 12.0. The summed E-state index contributed by atoms with van der Waals surface area (Å²) in [6, 6.07) is 1.88. The molecule has 0 spiro atoms. The van der Waals surface area contributed by atoms with Gasteiger partial charge < -0.3 is 10.6 Å². The van der Waals surface area contributed by atoms with E-state index in [0.29, 0.717) is 13.0 Å². The van der Waals surface area contributed by atoms with Crippen molar-refractivity contribution in [2.45, 2.75) is 25.7 Å². The molecule has 1 aromatic heterocycles. The van der Waals surface area contributed by atoms with Crippen LogP contribution in [0.3, 0.4) is 0 Å². The molecule has 0 aromatic carbocycles. The second-order valence-electron chi connectivity index (χ2n) is 4.42. The molecule has 1 fully saturated rings. The topological polar surface area (TPSA) is 72.1 Å². The number of likely N-dealkylation sites (tertiary alicyclic amines) is 1. The van der Waals surface area contributed by atoms with E-state index in [-0.39, 0.29) is 11.8 Å². The van der Waals surface area contributed by atoms with E-state index < -0.39 is 0 Å². The molecule has 92 valence electrons. The summed E-state index contributed by atoms with van der Waals surface area (Å²) in [5.41, 5.74) is 6.36. The Bertz CT molecular complexity index is 407. The molecule has 5 nitrogen and oxygen atoms in total. The smallest absolute Gasteiger partial charge is 0.223 e. The molecule has 1 amide bonds. The zero-order valence-electron chi connectivity index (χ0n) is 10.1. The Labute approximate surface area is 101 Å². The van der Waals surface area contributed by atoms with Crippen LogP contribution in [0, 0.1) is 6.92 Å². The van der Waals surface area contributed by atoms with Gasteiger partial charge in [-0.05, 0) is 19.4 Å². The molecule has 1 saturated heterocycles. The van der Waals surface area contributed by atoms with Crippen molar-refractivity contribution in [1.29, 1.82) is 0 Å². The van der Waals surface area contributed by atoms with E-state index in [0.717, 1.165) is 31.0 Å². The highest BCUT2D eigenvalue weighted by molar-refractivity contribution is 5.76. The zero-order valence-corrected chi connectivity index (χ0v) is 10.1. The van der Waals surface area contributed by atoms with E-state index >= 15 is 0 Å². The van der Waals surface area contributed by atoms with Crippen molar-refractivity contribution >= 4 is 5.91 Å². The number of aryl methyl sites for hydroxylation is 1. The molecule has 2 N–H and O–H groups in total. The Morgan fingerprint density at radius 1 is 1.65 bits per heavy atom. The van der Waals surface area contributed by atoms with Crippen molar-refractivity contribution in [2.24, 2.45) is 5.73 Å². The Morgan fingerprint density at radius 2 is 2.47 bits per heavy atom. The lowest BCUT2D eigenvalue weighted by Crippen LogP contribution is -2.30. The van der Waals surface area contributed by atoms with Crippen LogP contribution in [-0.2, 0) is 4.79 Å². The Morgan fingerprint density at radius 3 is 3.18 bits per heavy atom. The average molecular weight is 234 g/mol. The van der Waals surface area contributed by atoms with Crippen LogP contribution >= 0.6 is 0 Å². The number of nitrogens with zero attached hydrogens (tertiary/aromatic N) is 3. The van der Waals surface area contributed by atoms with Gasteiger partial charge in [-0.2, -0.15) is 0 Å². The molecule has 5 heteroatoms. The van der Waals surface area contributed by atoms with Gasteiger partial charge in [0.25, 0.3) is 0 Å². The lowest BCUT2D eigenvalue weighted by Gasteiger charge is -2.15. The van der Waals surface area contributed by atoms with Crippen LogP contribution in [-0.4, -0.2) is 40.4 Å². The van der Waals surface area contributed by atoms with Crippen LogP contribution < -0.4 is 5.73 Å². The number of amides is 1. The second-order valence-corrected chi connectivity index (χ2v) is 4.42. The molecular formula is C12H18N4O. The van der Waals surface area contributed by atoms with E-state index in [1.807, 2.05) is 17.9 Å². The summed E-state index contributed by atoms with van der Waals surface area (Å²) in [5.74, 6) is 1.27.